The largest absolute Gasteiger partial charge is 0.468 e. The van der Waals surface area contributed by atoms with Gasteiger partial charge in [0.25, 0.3) is 0 Å². The second kappa shape index (κ2) is 3.62. The summed E-state index contributed by atoms with van der Waals surface area (Å²) in [5.41, 5.74) is -0.673. The summed E-state index contributed by atoms with van der Waals surface area (Å²) in [6.45, 7) is 7.73. The number of esters is 1. The van der Waals surface area contributed by atoms with Crippen LogP contribution in [0.1, 0.15) is 40.5 Å². The van der Waals surface area contributed by atoms with Gasteiger partial charge in [-0.1, -0.05) is 27.7 Å². The number of ketones is 1. The molecule has 0 spiro atoms. The number of hydrogen-bond acceptors (Lipinski definition) is 3. The van der Waals surface area contributed by atoms with E-state index in [0.717, 1.165) is 12.8 Å². The Kier molecular flexibility index (Phi) is 2.94. The summed E-state index contributed by atoms with van der Waals surface area (Å²) in [7, 11) is 1.34. The molecule has 0 aromatic carbocycles. The molecule has 1 aliphatic carbocycles. The van der Waals surface area contributed by atoms with E-state index in [9.17, 15) is 9.59 Å². The highest BCUT2D eigenvalue weighted by Gasteiger charge is 2.51. The number of rotatable bonds is 1. The molecule has 3 heteroatoms. The average molecular weight is 212 g/mol. The zero-order valence-corrected chi connectivity index (χ0v) is 10.2. The maximum atomic E-state index is 12.2. The van der Waals surface area contributed by atoms with E-state index in [4.69, 9.17) is 4.74 Å². The van der Waals surface area contributed by atoms with Gasteiger partial charge in [0.15, 0.2) is 5.78 Å². The minimum absolute atomic E-state index is 0.0191. The van der Waals surface area contributed by atoms with Gasteiger partial charge in [0.1, 0.15) is 5.92 Å². The van der Waals surface area contributed by atoms with Gasteiger partial charge in [-0.15, -0.1) is 0 Å². The number of hydrogen-bond donors (Lipinski definition) is 0. The van der Waals surface area contributed by atoms with E-state index < -0.39 is 17.3 Å². The van der Waals surface area contributed by atoms with E-state index in [2.05, 4.69) is 0 Å². The highest BCUT2D eigenvalue weighted by Crippen LogP contribution is 2.46. The second-order valence-electron chi connectivity index (χ2n) is 5.69. The lowest BCUT2D eigenvalue weighted by Gasteiger charge is -2.42. The van der Waals surface area contributed by atoms with Crippen LogP contribution >= 0.6 is 0 Å². The fraction of sp³-hybridized carbons (Fsp3) is 0.833. The Balaban J connectivity index is 3.05. The van der Waals surface area contributed by atoms with Crippen LogP contribution in [0.25, 0.3) is 0 Å². The predicted molar refractivity (Wildman–Crippen MR) is 57.3 cm³/mol. The van der Waals surface area contributed by atoms with Crippen molar-refractivity contribution in [2.45, 2.75) is 40.5 Å². The Bertz CT molecular complexity index is 289. The zero-order chi connectivity index (χ0) is 11.9. The van der Waals surface area contributed by atoms with Crippen LogP contribution in [0.2, 0.25) is 0 Å². The van der Waals surface area contributed by atoms with Gasteiger partial charge in [0.2, 0.25) is 0 Å². The Hall–Kier alpha value is -0.860. The lowest BCUT2D eigenvalue weighted by atomic mass is 9.60. The standard InChI is InChI=1S/C12H20O3/c1-11(2)6-7-12(3,4)9(13)8(11)10(14)15-5/h8H,6-7H2,1-5H3. The van der Waals surface area contributed by atoms with E-state index in [0.29, 0.717) is 0 Å². The third-order valence-corrected chi connectivity index (χ3v) is 3.54. The highest BCUT2D eigenvalue weighted by atomic mass is 16.5. The molecule has 0 N–H and O–H groups in total. The van der Waals surface area contributed by atoms with Crippen LogP contribution in [-0.4, -0.2) is 18.9 Å². The summed E-state index contributed by atoms with van der Waals surface area (Å²) in [6.07, 6.45) is 1.72. The number of ether oxygens (including phenoxy) is 1. The average Bonchev–Trinajstić information content (AvgIpc) is 2.13. The first-order valence-electron chi connectivity index (χ1n) is 5.34. The topological polar surface area (TPSA) is 43.4 Å². The Morgan fingerprint density at radius 1 is 1.27 bits per heavy atom. The molecular formula is C12H20O3. The van der Waals surface area contributed by atoms with Crippen molar-refractivity contribution in [3.63, 3.8) is 0 Å². The molecule has 0 heterocycles. The first-order chi connectivity index (χ1) is 6.72. The fourth-order valence-electron chi connectivity index (χ4n) is 2.19. The van der Waals surface area contributed by atoms with Crippen molar-refractivity contribution in [3.05, 3.63) is 0 Å². The molecule has 0 amide bonds. The lowest BCUT2D eigenvalue weighted by Crippen LogP contribution is -2.48. The van der Waals surface area contributed by atoms with Gasteiger partial charge in [-0.25, -0.2) is 0 Å². The van der Waals surface area contributed by atoms with Crippen molar-refractivity contribution in [1.82, 2.24) is 0 Å². The van der Waals surface area contributed by atoms with Crippen LogP contribution < -0.4 is 0 Å². The monoisotopic (exact) mass is 212 g/mol. The van der Waals surface area contributed by atoms with E-state index in [1.807, 2.05) is 27.7 Å². The molecule has 1 unspecified atom stereocenters. The van der Waals surface area contributed by atoms with Gasteiger partial charge in [-0.05, 0) is 18.3 Å². The van der Waals surface area contributed by atoms with Crippen molar-refractivity contribution >= 4 is 11.8 Å². The van der Waals surface area contributed by atoms with Gasteiger partial charge in [0, 0.05) is 5.41 Å². The molecule has 0 aliphatic heterocycles. The number of Topliss-reactive ketones (excluding diaryl/α,β-unsaturated/α-hetero) is 1. The highest BCUT2D eigenvalue weighted by molar-refractivity contribution is 6.03. The fourth-order valence-corrected chi connectivity index (χ4v) is 2.19. The van der Waals surface area contributed by atoms with Gasteiger partial charge < -0.3 is 4.74 Å². The van der Waals surface area contributed by atoms with E-state index in [1.165, 1.54) is 7.11 Å². The molecule has 0 saturated heterocycles. The molecule has 1 atom stereocenters. The van der Waals surface area contributed by atoms with Gasteiger partial charge in [-0.2, -0.15) is 0 Å². The summed E-state index contributed by atoms with van der Waals surface area (Å²) >= 11 is 0. The summed E-state index contributed by atoms with van der Waals surface area (Å²) < 4.78 is 4.73. The third-order valence-electron chi connectivity index (χ3n) is 3.54. The summed E-state index contributed by atoms with van der Waals surface area (Å²) in [5, 5.41) is 0. The molecule has 1 fully saturated rings. The second-order valence-corrected chi connectivity index (χ2v) is 5.69. The first-order valence-corrected chi connectivity index (χ1v) is 5.34. The first kappa shape index (κ1) is 12.2. The van der Waals surface area contributed by atoms with Crippen molar-refractivity contribution in [1.29, 1.82) is 0 Å². The van der Waals surface area contributed by atoms with Crippen LogP contribution in [0.4, 0.5) is 0 Å². The van der Waals surface area contributed by atoms with Gasteiger partial charge in [-0.3, -0.25) is 9.59 Å². The Labute approximate surface area is 91.2 Å². The molecule has 0 bridgehead atoms. The number of carbonyl (C=O) groups excluding carboxylic acids is 2. The lowest BCUT2D eigenvalue weighted by molar-refractivity contribution is -0.161. The number of carbonyl (C=O) groups is 2. The van der Waals surface area contributed by atoms with Crippen LogP contribution in [0.15, 0.2) is 0 Å². The molecule has 86 valence electrons. The van der Waals surface area contributed by atoms with E-state index in [-0.39, 0.29) is 11.2 Å². The third kappa shape index (κ3) is 2.06. The maximum absolute atomic E-state index is 12.2. The Morgan fingerprint density at radius 2 is 1.80 bits per heavy atom. The molecule has 1 aliphatic rings. The van der Waals surface area contributed by atoms with E-state index >= 15 is 0 Å². The summed E-state index contributed by atoms with van der Waals surface area (Å²) in [4.78, 5) is 23.8. The van der Waals surface area contributed by atoms with Gasteiger partial charge >= 0.3 is 5.97 Å². The molecule has 0 radical (unpaired) electrons. The summed E-state index contributed by atoms with van der Waals surface area (Å²) in [5.74, 6) is -0.977. The Morgan fingerprint density at radius 3 is 2.27 bits per heavy atom. The van der Waals surface area contributed by atoms with Crippen molar-refractivity contribution in [3.8, 4) is 0 Å². The van der Waals surface area contributed by atoms with Crippen molar-refractivity contribution < 1.29 is 14.3 Å². The normalized spacial score (nSPS) is 28.6. The minimum atomic E-state index is -0.605. The SMILES string of the molecule is COC(=O)C1C(=O)C(C)(C)CCC1(C)C. The minimum Gasteiger partial charge on any atom is -0.468 e. The van der Waals surface area contributed by atoms with Crippen LogP contribution in [0.5, 0.6) is 0 Å². The number of methoxy groups -OCH3 is 1. The maximum Gasteiger partial charge on any atom is 0.316 e. The molecule has 0 aromatic rings. The molecular weight excluding hydrogens is 192 g/mol. The van der Waals surface area contributed by atoms with E-state index in [1.54, 1.807) is 0 Å². The molecule has 3 nitrogen and oxygen atoms in total. The summed E-state index contributed by atoms with van der Waals surface area (Å²) in [6, 6.07) is 0. The molecule has 15 heavy (non-hydrogen) atoms. The van der Waals surface area contributed by atoms with Crippen LogP contribution in [-0.2, 0) is 14.3 Å². The molecule has 1 saturated carbocycles. The smallest absolute Gasteiger partial charge is 0.316 e. The van der Waals surface area contributed by atoms with Crippen molar-refractivity contribution in [2.24, 2.45) is 16.7 Å². The molecule has 1 rings (SSSR count). The zero-order valence-electron chi connectivity index (χ0n) is 10.2. The quantitative estimate of drug-likeness (QED) is 0.494. The van der Waals surface area contributed by atoms with Gasteiger partial charge in [0.05, 0.1) is 7.11 Å². The van der Waals surface area contributed by atoms with Crippen LogP contribution in [0.3, 0.4) is 0 Å². The van der Waals surface area contributed by atoms with Crippen molar-refractivity contribution in [2.75, 3.05) is 7.11 Å². The predicted octanol–water partition coefficient (Wildman–Crippen LogP) is 2.19. The molecule has 0 aromatic heterocycles. The van der Waals surface area contributed by atoms with Crippen LogP contribution in [0, 0.1) is 16.7 Å².